The van der Waals surface area contributed by atoms with Crippen molar-refractivity contribution in [1.82, 2.24) is 5.32 Å². The summed E-state index contributed by atoms with van der Waals surface area (Å²) in [7, 11) is 0. The lowest BCUT2D eigenvalue weighted by atomic mass is 9.77. The molecule has 1 heterocycles. The van der Waals surface area contributed by atoms with Crippen molar-refractivity contribution >= 4 is 22.9 Å². The van der Waals surface area contributed by atoms with Crippen molar-refractivity contribution in [2.45, 2.75) is 53.0 Å². The van der Waals surface area contributed by atoms with Gasteiger partial charge in [0.25, 0.3) is 0 Å². The lowest BCUT2D eigenvalue weighted by molar-refractivity contribution is 0.201. The van der Waals surface area contributed by atoms with Crippen LogP contribution in [-0.2, 0) is 0 Å². The third-order valence-corrected chi connectivity index (χ3v) is 5.99. The van der Waals surface area contributed by atoms with Gasteiger partial charge in [0.2, 0.25) is 0 Å². The van der Waals surface area contributed by atoms with E-state index >= 15 is 0 Å². The van der Waals surface area contributed by atoms with E-state index in [0.717, 1.165) is 16.8 Å². The van der Waals surface area contributed by atoms with Gasteiger partial charge in [0, 0.05) is 10.9 Å². The van der Waals surface area contributed by atoms with E-state index in [1.807, 2.05) is 0 Å². The second-order valence-corrected chi connectivity index (χ2v) is 7.81. The van der Waals surface area contributed by atoms with Crippen molar-refractivity contribution in [2.75, 3.05) is 6.54 Å². The average molecular weight is 286 g/mol. The molecule has 1 aromatic rings. The molecule has 1 aromatic heterocycles. The quantitative estimate of drug-likeness (QED) is 0.803. The summed E-state index contributed by atoms with van der Waals surface area (Å²) in [5, 5.41) is 3.69. The second kappa shape index (κ2) is 5.52. The third-order valence-electron chi connectivity index (χ3n) is 4.35. The first-order valence-corrected chi connectivity index (χ1v) is 8.14. The number of hydrogen-bond acceptors (Lipinski definition) is 2. The lowest BCUT2D eigenvalue weighted by Gasteiger charge is -2.34. The fourth-order valence-corrected chi connectivity index (χ4v) is 4.63. The summed E-state index contributed by atoms with van der Waals surface area (Å²) >= 11 is 8.00. The van der Waals surface area contributed by atoms with E-state index < -0.39 is 0 Å². The maximum Gasteiger partial charge on any atom is 0.0960 e. The summed E-state index contributed by atoms with van der Waals surface area (Å²) in [4.78, 5) is 1.42. The fraction of sp³-hybridized carbons (Fsp3) is 0.733. The van der Waals surface area contributed by atoms with Crippen LogP contribution >= 0.6 is 22.9 Å². The summed E-state index contributed by atoms with van der Waals surface area (Å²) < 4.78 is 0.948. The molecule has 1 aliphatic carbocycles. The van der Waals surface area contributed by atoms with Gasteiger partial charge in [-0.15, -0.1) is 11.3 Å². The standard InChI is InChI=1S/C15H24ClNS/c1-5-17-13(11-7-6-8-15(11,3)4)12-9-10(2)14(16)18-12/h9,11,13,17H,5-8H2,1-4H3. The van der Waals surface area contributed by atoms with Crippen LogP contribution in [0.1, 0.15) is 56.5 Å². The number of thiophene rings is 1. The molecule has 18 heavy (non-hydrogen) atoms. The van der Waals surface area contributed by atoms with Crippen molar-refractivity contribution in [2.24, 2.45) is 11.3 Å². The molecule has 2 unspecified atom stereocenters. The molecule has 0 aromatic carbocycles. The lowest BCUT2D eigenvalue weighted by Crippen LogP contribution is -2.33. The molecule has 1 aliphatic rings. The van der Waals surface area contributed by atoms with Crippen molar-refractivity contribution in [3.63, 3.8) is 0 Å². The van der Waals surface area contributed by atoms with Crippen LogP contribution in [0.2, 0.25) is 4.34 Å². The molecule has 3 heteroatoms. The minimum Gasteiger partial charge on any atom is -0.309 e. The Hall–Kier alpha value is -0.0500. The summed E-state index contributed by atoms with van der Waals surface area (Å²) in [6, 6.07) is 2.75. The van der Waals surface area contributed by atoms with Crippen molar-refractivity contribution in [3.8, 4) is 0 Å². The van der Waals surface area contributed by atoms with Gasteiger partial charge in [-0.05, 0) is 49.3 Å². The molecule has 2 atom stereocenters. The van der Waals surface area contributed by atoms with Crippen LogP contribution in [0.3, 0.4) is 0 Å². The largest absolute Gasteiger partial charge is 0.309 e. The van der Waals surface area contributed by atoms with E-state index in [2.05, 4.69) is 39.1 Å². The first kappa shape index (κ1) is 14.4. The van der Waals surface area contributed by atoms with Crippen molar-refractivity contribution in [3.05, 3.63) is 20.8 Å². The molecule has 1 nitrogen and oxygen atoms in total. The van der Waals surface area contributed by atoms with E-state index in [1.54, 1.807) is 11.3 Å². The maximum absolute atomic E-state index is 6.24. The fourth-order valence-electron chi connectivity index (χ4n) is 3.27. The van der Waals surface area contributed by atoms with Crippen LogP contribution in [0, 0.1) is 18.3 Å². The van der Waals surface area contributed by atoms with Gasteiger partial charge in [0.15, 0.2) is 0 Å². The van der Waals surface area contributed by atoms with Crippen LogP contribution < -0.4 is 5.32 Å². The van der Waals surface area contributed by atoms with Gasteiger partial charge in [-0.2, -0.15) is 0 Å². The molecule has 0 bridgehead atoms. The third kappa shape index (κ3) is 2.76. The van der Waals surface area contributed by atoms with Crippen LogP contribution in [0.5, 0.6) is 0 Å². The van der Waals surface area contributed by atoms with Gasteiger partial charge in [-0.25, -0.2) is 0 Å². The van der Waals surface area contributed by atoms with E-state index in [9.17, 15) is 0 Å². The van der Waals surface area contributed by atoms with Crippen LogP contribution in [0.4, 0.5) is 0 Å². The highest BCUT2D eigenvalue weighted by atomic mass is 35.5. The zero-order valence-corrected chi connectivity index (χ0v) is 13.4. The zero-order chi connectivity index (χ0) is 13.3. The molecule has 0 aliphatic heterocycles. The highest BCUT2D eigenvalue weighted by Crippen LogP contribution is 2.50. The molecule has 1 fully saturated rings. The van der Waals surface area contributed by atoms with E-state index in [1.165, 1.54) is 29.7 Å². The Bertz CT molecular complexity index is 391. The van der Waals surface area contributed by atoms with Gasteiger partial charge in [0.05, 0.1) is 4.34 Å². The molecular formula is C15H24ClNS. The van der Waals surface area contributed by atoms with Crippen LogP contribution in [-0.4, -0.2) is 6.54 Å². The molecule has 2 rings (SSSR count). The summed E-state index contributed by atoms with van der Waals surface area (Å²) in [6.07, 6.45) is 4.04. The van der Waals surface area contributed by atoms with E-state index in [0.29, 0.717) is 11.5 Å². The number of nitrogens with one attached hydrogen (secondary N) is 1. The Morgan fingerprint density at radius 3 is 2.72 bits per heavy atom. The van der Waals surface area contributed by atoms with Gasteiger partial charge in [-0.3, -0.25) is 0 Å². The maximum atomic E-state index is 6.24. The van der Waals surface area contributed by atoms with Crippen molar-refractivity contribution in [1.29, 1.82) is 0 Å². The Balaban J connectivity index is 2.28. The molecule has 0 saturated heterocycles. The zero-order valence-electron chi connectivity index (χ0n) is 11.8. The smallest absolute Gasteiger partial charge is 0.0960 e. The van der Waals surface area contributed by atoms with Crippen LogP contribution in [0.25, 0.3) is 0 Å². The summed E-state index contributed by atoms with van der Waals surface area (Å²) in [5.74, 6) is 0.728. The molecule has 102 valence electrons. The first-order chi connectivity index (χ1) is 8.45. The number of aryl methyl sites for hydroxylation is 1. The molecule has 0 radical (unpaired) electrons. The Labute approximate surface area is 120 Å². The molecule has 0 spiro atoms. The highest BCUT2D eigenvalue weighted by Gasteiger charge is 2.40. The Kier molecular flexibility index (Phi) is 4.40. The predicted molar refractivity (Wildman–Crippen MR) is 81.6 cm³/mol. The monoisotopic (exact) mass is 285 g/mol. The second-order valence-electron chi connectivity index (χ2n) is 6.13. The number of halogens is 1. The average Bonchev–Trinajstić information content (AvgIpc) is 2.79. The Morgan fingerprint density at radius 1 is 1.56 bits per heavy atom. The van der Waals surface area contributed by atoms with Gasteiger partial charge < -0.3 is 5.32 Å². The molecule has 1 saturated carbocycles. The van der Waals surface area contributed by atoms with E-state index in [-0.39, 0.29) is 0 Å². The number of hydrogen-bond donors (Lipinski definition) is 1. The first-order valence-electron chi connectivity index (χ1n) is 6.95. The topological polar surface area (TPSA) is 12.0 Å². The molecule has 1 N–H and O–H groups in total. The Morgan fingerprint density at radius 2 is 2.28 bits per heavy atom. The van der Waals surface area contributed by atoms with Gasteiger partial charge in [0.1, 0.15) is 0 Å². The predicted octanol–water partition coefficient (Wildman–Crippen LogP) is 5.19. The highest BCUT2D eigenvalue weighted by molar-refractivity contribution is 7.16. The minimum absolute atomic E-state index is 0.442. The minimum atomic E-state index is 0.442. The van der Waals surface area contributed by atoms with Crippen molar-refractivity contribution < 1.29 is 0 Å². The van der Waals surface area contributed by atoms with E-state index in [4.69, 9.17) is 11.6 Å². The molecule has 0 amide bonds. The summed E-state index contributed by atoms with van der Waals surface area (Å²) in [6.45, 7) is 10.1. The number of rotatable bonds is 4. The normalized spacial score (nSPS) is 24.4. The SMILES string of the molecule is CCNC(c1cc(C)c(Cl)s1)C1CCCC1(C)C. The van der Waals surface area contributed by atoms with Gasteiger partial charge >= 0.3 is 0 Å². The van der Waals surface area contributed by atoms with Gasteiger partial charge in [-0.1, -0.05) is 38.8 Å². The van der Waals surface area contributed by atoms with Crippen LogP contribution in [0.15, 0.2) is 6.07 Å². The summed E-state index contributed by atoms with van der Waals surface area (Å²) in [5.41, 5.74) is 1.66. The molecular weight excluding hydrogens is 262 g/mol.